The lowest BCUT2D eigenvalue weighted by Gasteiger charge is -2.35. The van der Waals surface area contributed by atoms with E-state index >= 15 is 0 Å². The van der Waals surface area contributed by atoms with Crippen LogP contribution in [0.15, 0.2) is 36.5 Å². The molecule has 0 atom stereocenters. The summed E-state index contributed by atoms with van der Waals surface area (Å²) in [6, 6.07) is 10.5. The van der Waals surface area contributed by atoms with Crippen molar-refractivity contribution in [1.29, 1.82) is 0 Å². The molecular weight excluding hydrogens is 222 g/mol. The number of rotatable bonds is 2. The summed E-state index contributed by atoms with van der Waals surface area (Å²) in [5, 5.41) is 9.50. The Balaban J connectivity index is 1.94. The average Bonchev–Trinajstić information content (AvgIpc) is 2.40. The molecule has 1 aromatic heterocycles. The SMILES string of the molecule is CC1(Nc2nccc3ccccc23)CCNCC1. The van der Waals surface area contributed by atoms with E-state index in [0.717, 1.165) is 31.7 Å². The highest BCUT2D eigenvalue weighted by Crippen LogP contribution is 2.27. The smallest absolute Gasteiger partial charge is 0.134 e. The highest BCUT2D eigenvalue weighted by Gasteiger charge is 2.27. The molecule has 0 amide bonds. The molecule has 0 spiro atoms. The predicted octanol–water partition coefficient (Wildman–Crippen LogP) is 2.79. The molecule has 2 aromatic rings. The van der Waals surface area contributed by atoms with Crippen molar-refractivity contribution in [3.8, 4) is 0 Å². The molecule has 0 unspecified atom stereocenters. The van der Waals surface area contributed by atoms with Crippen LogP contribution in [0.5, 0.6) is 0 Å². The zero-order valence-corrected chi connectivity index (χ0v) is 10.7. The Morgan fingerprint density at radius 2 is 1.94 bits per heavy atom. The Labute approximate surface area is 108 Å². The number of anilines is 1. The summed E-state index contributed by atoms with van der Waals surface area (Å²) in [5.41, 5.74) is 0.155. The van der Waals surface area contributed by atoms with E-state index in [4.69, 9.17) is 0 Å². The zero-order chi connectivity index (χ0) is 12.4. The van der Waals surface area contributed by atoms with Crippen molar-refractivity contribution < 1.29 is 0 Å². The van der Waals surface area contributed by atoms with Crippen LogP contribution in [0.1, 0.15) is 19.8 Å². The first kappa shape index (κ1) is 11.5. The average molecular weight is 241 g/mol. The lowest BCUT2D eigenvalue weighted by atomic mass is 9.90. The first-order valence-corrected chi connectivity index (χ1v) is 6.60. The number of piperidine rings is 1. The van der Waals surface area contributed by atoms with Gasteiger partial charge in [0.15, 0.2) is 0 Å². The van der Waals surface area contributed by atoms with Crippen LogP contribution in [0.2, 0.25) is 0 Å². The van der Waals surface area contributed by atoms with E-state index in [9.17, 15) is 0 Å². The summed E-state index contributed by atoms with van der Waals surface area (Å²) < 4.78 is 0. The summed E-state index contributed by atoms with van der Waals surface area (Å²) in [6.07, 6.45) is 4.16. The van der Waals surface area contributed by atoms with Gasteiger partial charge in [0.25, 0.3) is 0 Å². The molecule has 1 saturated heterocycles. The Bertz CT molecular complexity index is 539. The Hall–Kier alpha value is -1.61. The molecule has 0 aliphatic carbocycles. The molecule has 1 fully saturated rings. The molecular formula is C15H19N3. The molecule has 2 heterocycles. The van der Waals surface area contributed by atoms with Crippen LogP contribution >= 0.6 is 0 Å². The van der Waals surface area contributed by atoms with Gasteiger partial charge in [0.05, 0.1) is 0 Å². The molecule has 3 heteroatoms. The van der Waals surface area contributed by atoms with Gasteiger partial charge in [-0.05, 0) is 44.3 Å². The number of benzene rings is 1. The van der Waals surface area contributed by atoms with Gasteiger partial charge in [0.2, 0.25) is 0 Å². The van der Waals surface area contributed by atoms with Gasteiger partial charge in [0, 0.05) is 17.1 Å². The molecule has 0 saturated carbocycles. The summed E-state index contributed by atoms with van der Waals surface area (Å²) in [6.45, 7) is 4.44. The lowest BCUT2D eigenvalue weighted by Crippen LogP contribution is -2.45. The maximum Gasteiger partial charge on any atom is 0.134 e. The van der Waals surface area contributed by atoms with Crippen molar-refractivity contribution in [1.82, 2.24) is 10.3 Å². The minimum absolute atomic E-state index is 0.155. The summed E-state index contributed by atoms with van der Waals surface area (Å²) >= 11 is 0. The fraction of sp³-hybridized carbons (Fsp3) is 0.400. The standard InChI is InChI=1S/C15H19N3/c1-15(7-10-16-11-8-15)18-14-13-5-3-2-4-12(13)6-9-17-14/h2-6,9,16H,7-8,10-11H2,1H3,(H,17,18). The van der Waals surface area contributed by atoms with Crippen LogP contribution in [0, 0.1) is 0 Å². The van der Waals surface area contributed by atoms with Gasteiger partial charge in [-0.25, -0.2) is 4.98 Å². The Morgan fingerprint density at radius 3 is 2.78 bits per heavy atom. The van der Waals surface area contributed by atoms with Crippen molar-refractivity contribution in [3.63, 3.8) is 0 Å². The van der Waals surface area contributed by atoms with E-state index in [0.29, 0.717) is 0 Å². The molecule has 18 heavy (non-hydrogen) atoms. The molecule has 0 bridgehead atoms. The fourth-order valence-electron chi connectivity index (χ4n) is 2.61. The molecule has 0 radical (unpaired) electrons. The Kier molecular flexibility index (Phi) is 2.92. The van der Waals surface area contributed by atoms with Crippen LogP contribution in [0.25, 0.3) is 10.8 Å². The number of aromatic nitrogens is 1. The van der Waals surface area contributed by atoms with Crippen molar-refractivity contribution in [2.45, 2.75) is 25.3 Å². The molecule has 1 aliphatic heterocycles. The normalized spacial score (nSPS) is 18.7. The van der Waals surface area contributed by atoms with E-state index < -0.39 is 0 Å². The number of pyridine rings is 1. The summed E-state index contributed by atoms with van der Waals surface area (Å²) in [5.74, 6) is 1.01. The second-order valence-corrected chi connectivity index (χ2v) is 5.32. The van der Waals surface area contributed by atoms with Gasteiger partial charge in [0.1, 0.15) is 5.82 Å². The third kappa shape index (κ3) is 2.18. The van der Waals surface area contributed by atoms with Crippen LogP contribution in [0.4, 0.5) is 5.82 Å². The zero-order valence-electron chi connectivity index (χ0n) is 10.7. The van der Waals surface area contributed by atoms with Crippen LogP contribution in [0.3, 0.4) is 0 Å². The molecule has 1 aromatic carbocycles. The number of nitrogens with one attached hydrogen (secondary N) is 2. The van der Waals surface area contributed by atoms with E-state index in [2.05, 4.69) is 52.9 Å². The maximum absolute atomic E-state index is 4.51. The highest BCUT2D eigenvalue weighted by molar-refractivity contribution is 5.91. The first-order valence-electron chi connectivity index (χ1n) is 6.60. The van der Waals surface area contributed by atoms with Gasteiger partial charge in [-0.3, -0.25) is 0 Å². The predicted molar refractivity (Wildman–Crippen MR) is 75.9 cm³/mol. The molecule has 3 rings (SSSR count). The maximum atomic E-state index is 4.51. The minimum Gasteiger partial charge on any atom is -0.364 e. The van der Waals surface area contributed by atoms with Crippen molar-refractivity contribution in [3.05, 3.63) is 36.5 Å². The van der Waals surface area contributed by atoms with Crippen LogP contribution in [-0.4, -0.2) is 23.6 Å². The van der Waals surface area contributed by atoms with Gasteiger partial charge in [-0.15, -0.1) is 0 Å². The highest BCUT2D eigenvalue weighted by atomic mass is 15.1. The van der Waals surface area contributed by atoms with Gasteiger partial charge in [-0.2, -0.15) is 0 Å². The van der Waals surface area contributed by atoms with E-state index in [1.807, 2.05) is 6.20 Å². The van der Waals surface area contributed by atoms with E-state index in [1.54, 1.807) is 0 Å². The van der Waals surface area contributed by atoms with Crippen molar-refractivity contribution in [2.24, 2.45) is 0 Å². The molecule has 94 valence electrons. The number of hydrogen-bond donors (Lipinski definition) is 2. The number of fused-ring (bicyclic) bond motifs is 1. The lowest BCUT2D eigenvalue weighted by molar-refractivity contribution is 0.364. The van der Waals surface area contributed by atoms with Gasteiger partial charge in [-0.1, -0.05) is 24.3 Å². The van der Waals surface area contributed by atoms with Gasteiger partial charge < -0.3 is 10.6 Å². The first-order chi connectivity index (χ1) is 8.77. The van der Waals surface area contributed by atoms with Crippen LogP contribution in [-0.2, 0) is 0 Å². The largest absolute Gasteiger partial charge is 0.364 e. The number of nitrogens with zero attached hydrogens (tertiary/aromatic N) is 1. The topological polar surface area (TPSA) is 37.0 Å². The van der Waals surface area contributed by atoms with Gasteiger partial charge >= 0.3 is 0 Å². The fourth-order valence-corrected chi connectivity index (χ4v) is 2.61. The summed E-state index contributed by atoms with van der Waals surface area (Å²) in [7, 11) is 0. The third-order valence-electron chi connectivity index (χ3n) is 3.80. The van der Waals surface area contributed by atoms with Crippen molar-refractivity contribution >= 4 is 16.6 Å². The second-order valence-electron chi connectivity index (χ2n) is 5.32. The molecule has 3 nitrogen and oxygen atoms in total. The number of hydrogen-bond acceptors (Lipinski definition) is 3. The minimum atomic E-state index is 0.155. The van der Waals surface area contributed by atoms with Crippen molar-refractivity contribution in [2.75, 3.05) is 18.4 Å². The molecule has 1 aliphatic rings. The van der Waals surface area contributed by atoms with Crippen LogP contribution < -0.4 is 10.6 Å². The van der Waals surface area contributed by atoms with E-state index in [-0.39, 0.29) is 5.54 Å². The second kappa shape index (κ2) is 4.58. The quantitative estimate of drug-likeness (QED) is 0.849. The monoisotopic (exact) mass is 241 g/mol. The Morgan fingerprint density at radius 1 is 1.17 bits per heavy atom. The third-order valence-corrected chi connectivity index (χ3v) is 3.80. The van der Waals surface area contributed by atoms with E-state index in [1.165, 1.54) is 10.8 Å². The molecule has 2 N–H and O–H groups in total. The summed E-state index contributed by atoms with van der Waals surface area (Å²) in [4.78, 5) is 4.51.